The fourth-order valence-electron chi connectivity index (χ4n) is 0.517. The first kappa shape index (κ1) is 10.0. The van der Waals surface area contributed by atoms with Gasteiger partial charge in [-0.25, -0.2) is 4.79 Å². The van der Waals surface area contributed by atoms with Crippen molar-refractivity contribution in [2.45, 2.75) is 19.5 Å². The van der Waals surface area contributed by atoms with Crippen molar-refractivity contribution in [1.29, 1.82) is 0 Å². The van der Waals surface area contributed by atoms with Crippen molar-refractivity contribution in [3.8, 4) is 0 Å². The number of carbonyl (C=O) groups is 1. The van der Waals surface area contributed by atoms with Crippen LogP contribution in [0.25, 0.3) is 0 Å². The van der Waals surface area contributed by atoms with Gasteiger partial charge in [-0.3, -0.25) is 0 Å². The van der Waals surface area contributed by atoms with Crippen LogP contribution in [0.1, 0.15) is 13.3 Å². The monoisotopic (exact) mass is 168 g/mol. The minimum atomic E-state index is -4.44. The van der Waals surface area contributed by atoms with Gasteiger partial charge in [0.15, 0.2) is 0 Å². The van der Waals surface area contributed by atoms with Gasteiger partial charge in [-0.15, -0.1) is 0 Å². The van der Waals surface area contributed by atoms with Crippen molar-refractivity contribution in [3.63, 3.8) is 0 Å². The first-order valence-corrected chi connectivity index (χ1v) is 2.82. The van der Waals surface area contributed by atoms with E-state index < -0.39 is 24.1 Å². The Bertz CT molecular complexity index is 181. The summed E-state index contributed by atoms with van der Waals surface area (Å²) in [6.07, 6.45) is -4.88. The molecule has 11 heavy (non-hydrogen) atoms. The zero-order valence-corrected chi connectivity index (χ0v) is 5.77. The normalized spacial score (nSPS) is 13.3. The molecule has 0 heterocycles. The molecule has 0 amide bonds. The van der Waals surface area contributed by atoms with Crippen LogP contribution in [0, 0.1) is 0 Å². The Labute approximate surface area is 61.3 Å². The molecule has 0 spiro atoms. The van der Waals surface area contributed by atoms with E-state index in [9.17, 15) is 18.0 Å². The number of hydrogen-bond acceptors (Lipinski definition) is 1. The van der Waals surface area contributed by atoms with Crippen molar-refractivity contribution in [2.75, 3.05) is 0 Å². The van der Waals surface area contributed by atoms with E-state index in [0.717, 1.165) is 6.08 Å². The van der Waals surface area contributed by atoms with E-state index in [1.807, 2.05) is 0 Å². The molecule has 0 aliphatic heterocycles. The lowest BCUT2D eigenvalue weighted by molar-refractivity contribution is -0.142. The molecule has 0 rings (SSSR count). The summed E-state index contributed by atoms with van der Waals surface area (Å²) >= 11 is 0. The molecule has 0 atom stereocenters. The molecular weight excluding hydrogens is 161 g/mol. The van der Waals surface area contributed by atoms with Crippen molar-refractivity contribution in [1.82, 2.24) is 0 Å². The SMILES string of the molecule is C/C=C(/CC(F)(F)F)C(=O)O. The Morgan fingerprint density at radius 2 is 2.00 bits per heavy atom. The second-order valence-electron chi connectivity index (χ2n) is 1.91. The highest BCUT2D eigenvalue weighted by Crippen LogP contribution is 2.24. The Hall–Kier alpha value is -1.00. The molecule has 0 bridgehead atoms. The van der Waals surface area contributed by atoms with E-state index in [4.69, 9.17) is 5.11 Å². The van der Waals surface area contributed by atoms with Gasteiger partial charge in [-0.2, -0.15) is 13.2 Å². The molecule has 2 nitrogen and oxygen atoms in total. The average molecular weight is 168 g/mol. The lowest BCUT2D eigenvalue weighted by Gasteiger charge is -2.05. The Balaban J connectivity index is 4.24. The predicted octanol–water partition coefficient (Wildman–Crippen LogP) is 1.97. The summed E-state index contributed by atoms with van der Waals surface area (Å²) < 4.78 is 34.6. The Kier molecular flexibility index (Phi) is 3.10. The van der Waals surface area contributed by atoms with Gasteiger partial charge in [0.25, 0.3) is 0 Å². The quantitative estimate of drug-likeness (QED) is 0.640. The lowest BCUT2D eigenvalue weighted by Crippen LogP contribution is -2.13. The van der Waals surface area contributed by atoms with Crippen LogP contribution in [-0.4, -0.2) is 17.3 Å². The summed E-state index contributed by atoms with van der Waals surface area (Å²) in [5.74, 6) is -1.52. The van der Waals surface area contributed by atoms with Crippen LogP contribution >= 0.6 is 0 Å². The number of hydrogen-bond donors (Lipinski definition) is 1. The number of allylic oxidation sites excluding steroid dienone is 1. The number of halogens is 3. The van der Waals surface area contributed by atoms with Gasteiger partial charge >= 0.3 is 12.1 Å². The molecule has 1 N–H and O–H groups in total. The molecule has 0 aliphatic rings. The number of rotatable bonds is 2. The Morgan fingerprint density at radius 1 is 1.55 bits per heavy atom. The third-order valence-electron chi connectivity index (χ3n) is 1.01. The fourth-order valence-corrected chi connectivity index (χ4v) is 0.517. The highest BCUT2D eigenvalue weighted by Gasteiger charge is 2.30. The van der Waals surface area contributed by atoms with Crippen LogP contribution < -0.4 is 0 Å². The summed E-state index contributed by atoms with van der Waals surface area (Å²) in [6.45, 7) is 1.26. The summed E-state index contributed by atoms with van der Waals surface area (Å²) in [5.41, 5.74) is -0.627. The lowest BCUT2D eigenvalue weighted by atomic mass is 10.2. The smallest absolute Gasteiger partial charge is 0.393 e. The molecule has 0 aromatic rings. The molecule has 64 valence electrons. The van der Waals surface area contributed by atoms with Gasteiger partial charge in [-0.05, 0) is 6.92 Å². The van der Waals surface area contributed by atoms with Gasteiger partial charge < -0.3 is 5.11 Å². The summed E-state index contributed by atoms with van der Waals surface area (Å²) in [4.78, 5) is 10.0. The minimum Gasteiger partial charge on any atom is -0.478 e. The second-order valence-corrected chi connectivity index (χ2v) is 1.91. The van der Waals surface area contributed by atoms with Gasteiger partial charge in [0, 0.05) is 5.57 Å². The molecule has 5 heteroatoms. The van der Waals surface area contributed by atoms with Gasteiger partial charge in [0.2, 0.25) is 0 Å². The maximum Gasteiger partial charge on any atom is 0.393 e. The first-order valence-electron chi connectivity index (χ1n) is 2.82. The molecule has 0 aromatic carbocycles. The second kappa shape index (κ2) is 3.41. The fraction of sp³-hybridized carbons (Fsp3) is 0.500. The van der Waals surface area contributed by atoms with E-state index in [1.54, 1.807) is 0 Å². The standard InChI is InChI=1S/C6H7F3O2/c1-2-4(5(10)11)3-6(7,8)9/h2H,3H2,1H3,(H,10,11)/b4-2-. The molecule has 0 aromatic heterocycles. The van der Waals surface area contributed by atoms with E-state index in [2.05, 4.69) is 0 Å². The molecule has 0 fully saturated rings. The number of carboxylic acid groups (broad SMARTS) is 1. The average Bonchev–Trinajstić information content (AvgIpc) is 1.80. The molecule has 0 unspecified atom stereocenters. The van der Waals surface area contributed by atoms with Crippen LogP contribution in [0.4, 0.5) is 13.2 Å². The maximum absolute atomic E-state index is 11.5. The summed E-state index contributed by atoms with van der Waals surface area (Å²) in [7, 11) is 0. The molecule has 0 saturated heterocycles. The van der Waals surface area contributed by atoms with Crippen LogP contribution in [0.15, 0.2) is 11.6 Å². The van der Waals surface area contributed by atoms with Crippen LogP contribution in [0.2, 0.25) is 0 Å². The number of carboxylic acids is 1. The third kappa shape index (κ3) is 4.41. The van der Waals surface area contributed by atoms with E-state index in [0.29, 0.717) is 0 Å². The van der Waals surface area contributed by atoms with E-state index in [1.165, 1.54) is 6.92 Å². The maximum atomic E-state index is 11.5. The van der Waals surface area contributed by atoms with Gasteiger partial charge in [0.05, 0.1) is 6.42 Å². The first-order chi connectivity index (χ1) is 4.87. The molecular formula is C6H7F3O2. The van der Waals surface area contributed by atoms with Gasteiger partial charge in [0.1, 0.15) is 0 Å². The van der Waals surface area contributed by atoms with Crippen LogP contribution in [0.5, 0.6) is 0 Å². The zero-order valence-electron chi connectivity index (χ0n) is 5.77. The van der Waals surface area contributed by atoms with E-state index >= 15 is 0 Å². The predicted molar refractivity (Wildman–Crippen MR) is 32.1 cm³/mol. The summed E-state index contributed by atoms with van der Waals surface area (Å²) in [5, 5.41) is 8.17. The zero-order chi connectivity index (χ0) is 9.07. The van der Waals surface area contributed by atoms with Crippen LogP contribution in [-0.2, 0) is 4.79 Å². The number of alkyl halides is 3. The van der Waals surface area contributed by atoms with Crippen molar-refractivity contribution in [3.05, 3.63) is 11.6 Å². The van der Waals surface area contributed by atoms with Crippen molar-refractivity contribution in [2.24, 2.45) is 0 Å². The highest BCUT2D eigenvalue weighted by atomic mass is 19.4. The molecule has 0 radical (unpaired) electrons. The Morgan fingerprint density at radius 3 is 2.09 bits per heavy atom. The number of aliphatic carboxylic acids is 1. The topological polar surface area (TPSA) is 37.3 Å². The van der Waals surface area contributed by atoms with Gasteiger partial charge in [-0.1, -0.05) is 6.08 Å². The van der Waals surface area contributed by atoms with Crippen molar-refractivity contribution < 1.29 is 23.1 Å². The molecule has 0 aliphatic carbocycles. The van der Waals surface area contributed by atoms with Crippen molar-refractivity contribution >= 4 is 5.97 Å². The third-order valence-corrected chi connectivity index (χ3v) is 1.01. The van der Waals surface area contributed by atoms with E-state index in [-0.39, 0.29) is 0 Å². The summed E-state index contributed by atoms with van der Waals surface area (Å²) in [6, 6.07) is 0. The minimum absolute atomic E-state index is 0.627. The van der Waals surface area contributed by atoms with Crippen LogP contribution in [0.3, 0.4) is 0 Å². The largest absolute Gasteiger partial charge is 0.478 e. The highest BCUT2D eigenvalue weighted by molar-refractivity contribution is 5.86. The molecule has 0 saturated carbocycles.